The number of hydrogen-bond donors (Lipinski definition) is 1. The molecule has 0 aromatic heterocycles. The van der Waals surface area contributed by atoms with E-state index in [2.05, 4.69) is 0 Å². The summed E-state index contributed by atoms with van der Waals surface area (Å²) in [4.78, 5) is 0. The summed E-state index contributed by atoms with van der Waals surface area (Å²) in [7, 11) is 0. The average Bonchev–Trinajstić information content (AvgIpc) is 2.71. The van der Waals surface area contributed by atoms with Crippen LogP contribution in [0.3, 0.4) is 0 Å². The van der Waals surface area contributed by atoms with Crippen LogP contribution in [0, 0.1) is 5.92 Å². The molecule has 112 valence electrons. The number of nitrogens with two attached hydrogens (primary N) is 1. The molecular weight excluding hydrogens is 293 g/mol. The highest BCUT2D eigenvalue weighted by atomic mass is 35.5. The third-order valence-corrected chi connectivity index (χ3v) is 4.74. The van der Waals surface area contributed by atoms with Gasteiger partial charge in [0.05, 0.1) is 11.6 Å². The Bertz CT molecular complexity index is 442. The molecule has 2 rings (SSSR count). The van der Waals surface area contributed by atoms with Gasteiger partial charge in [-0.3, -0.25) is 0 Å². The van der Waals surface area contributed by atoms with Crippen LogP contribution in [0.4, 0.5) is 0 Å². The molecule has 0 spiro atoms. The standard InChI is InChI=1S/C16H23Cl2NO/c1-2-20-15-10-13(17)12(9-14(15)18)16(19)11-7-5-3-4-6-8-11/h9-11,16H,2-8,19H2,1H3. The lowest BCUT2D eigenvalue weighted by Gasteiger charge is -2.24. The molecule has 0 saturated heterocycles. The summed E-state index contributed by atoms with van der Waals surface area (Å²) in [5.74, 6) is 1.14. The second-order valence-electron chi connectivity index (χ2n) is 5.51. The fourth-order valence-electron chi connectivity index (χ4n) is 2.99. The summed E-state index contributed by atoms with van der Waals surface area (Å²) < 4.78 is 5.46. The van der Waals surface area contributed by atoms with Gasteiger partial charge in [-0.1, -0.05) is 48.9 Å². The molecule has 2 nitrogen and oxygen atoms in total. The third-order valence-electron chi connectivity index (χ3n) is 4.12. The molecule has 1 aliphatic carbocycles. The number of hydrogen-bond acceptors (Lipinski definition) is 2. The minimum atomic E-state index is -0.0335. The highest BCUT2D eigenvalue weighted by Crippen LogP contribution is 2.39. The molecule has 1 aliphatic rings. The minimum Gasteiger partial charge on any atom is -0.492 e. The molecule has 0 aliphatic heterocycles. The highest BCUT2D eigenvalue weighted by molar-refractivity contribution is 6.34. The molecule has 1 aromatic rings. The Hall–Kier alpha value is -0.440. The Morgan fingerprint density at radius 2 is 1.80 bits per heavy atom. The first-order chi connectivity index (χ1) is 9.63. The van der Waals surface area contributed by atoms with Crippen molar-refractivity contribution in [3.8, 4) is 5.75 Å². The van der Waals surface area contributed by atoms with Gasteiger partial charge in [0.1, 0.15) is 5.75 Å². The molecule has 1 aromatic carbocycles. The highest BCUT2D eigenvalue weighted by Gasteiger charge is 2.23. The predicted molar refractivity (Wildman–Crippen MR) is 85.8 cm³/mol. The molecule has 0 radical (unpaired) electrons. The van der Waals surface area contributed by atoms with E-state index in [1.54, 1.807) is 6.07 Å². The van der Waals surface area contributed by atoms with E-state index in [1.807, 2.05) is 13.0 Å². The lowest BCUT2D eigenvalue weighted by atomic mass is 9.88. The first kappa shape index (κ1) is 15.9. The zero-order valence-corrected chi connectivity index (χ0v) is 13.5. The first-order valence-electron chi connectivity index (χ1n) is 7.50. The van der Waals surface area contributed by atoms with Crippen LogP contribution in [0.15, 0.2) is 12.1 Å². The van der Waals surface area contributed by atoms with Gasteiger partial charge in [-0.05, 0) is 37.3 Å². The van der Waals surface area contributed by atoms with Crippen molar-refractivity contribution in [2.45, 2.75) is 51.5 Å². The van der Waals surface area contributed by atoms with Crippen LogP contribution in [0.1, 0.15) is 57.1 Å². The van der Waals surface area contributed by atoms with E-state index < -0.39 is 0 Å². The smallest absolute Gasteiger partial charge is 0.139 e. The normalized spacial score (nSPS) is 18.6. The fraction of sp³-hybridized carbons (Fsp3) is 0.625. The van der Waals surface area contributed by atoms with Crippen LogP contribution in [-0.4, -0.2) is 6.61 Å². The number of rotatable bonds is 4. The van der Waals surface area contributed by atoms with Gasteiger partial charge in [-0.15, -0.1) is 0 Å². The molecular formula is C16H23Cl2NO. The lowest BCUT2D eigenvalue weighted by Crippen LogP contribution is -2.21. The molecule has 1 atom stereocenters. The van der Waals surface area contributed by atoms with Gasteiger partial charge in [0.15, 0.2) is 0 Å². The summed E-state index contributed by atoms with van der Waals surface area (Å²) in [5, 5.41) is 1.25. The van der Waals surface area contributed by atoms with Crippen molar-refractivity contribution in [1.82, 2.24) is 0 Å². The van der Waals surface area contributed by atoms with E-state index in [0.29, 0.717) is 28.3 Å². The van der Waals surface area contributed by atoms with Crippen molar-refractivity contribution in [3.05, 3.63) is 27.7 Å². The number of halogens is 2. The first-order valence-corrected chi connectivity index (χ1v) is 8.26. The monoisotopic (exact) mass is 315 g/mol. The molecule has 1 unspecified atom stereocenters. The zero-order chi connectivity index (χ0) is 14.5. The van der Waals surface area contributed by atoms with Crippen LogP contribution >= 0.6 is 23.2 Å². The summed E-state index contributed by atoms with van der Waals surface area (Å²) >= 11 is 12.6. The van der Waals surface area contributed by atoms with Crippen molar-refractivity contribution in [1.29, 1.82) is 0 Å². The molecule has 0 amide bonds. The van der Waals surface area contributed by atoms with Gasteiger partial charge in [0.2, 0.25) is 0 Å². The molecule has 2 N–H and O–H groups in total. The Labute approximate surface area is 131 Å². The quantitative estimate of drug-likeness (QED) is 0.759. The Balaban J connectivity index is 2.20. The second-order valence-corrected chi connectivity index (χ2v) is 6.33. The molecule has 0 bridgehead atoms. The largest absolute Gasteiger partial charge is 0.492 e. The third kappa shape index (κ3) is 3.81. The maximum Gasteiger partial charge on any atom is 0.139 e. The number of ether oxygens (including phenoxy) is 1. The summed E-state index contributed by atoms with van der Waals surface area (Å²) in [6.07, 6.45) is 7.54. The van der Waals surface area contributed by atoms with Crippen LogP contribution in [-0.2, 0) is 0 Å². The van der Waals surface area contributed by atoms with Gasteiger partial charge in [-0.25, -0.2) is 0 Å². The SMILES string of the molecule is CCOc1cc(Cl)c(C(N)C2CCCCCC2)cc1Cl. The Morgan fingerprint density at radius 3 is 2.40 bits per heavy atom. The second kappa shape index (κ2) is 7.53. The summed E-state index contributed by atoms with van der Waals surface area (Å²) in [6.45, 7) is 2.50. The van der Waals surface area contributed by atoms with Gasteiger partial charge in [0, 0.05) is 17.1 Å². The maximum absolute atomic E-state index is 6.45. The molecule has 1 saturated carbocycles. The van der Waals surface area contributed by atoms with E-state index in [4.69, 9.17) is 33.7 Å². The van der Waals surface area contributed by atoms with E-state index in [0.717, 1.165) is 5.56 Å². The summed E-state index contributed by atoms with van der Waals surface area (Å²) in [6, 6.07) is 3.64. The predicted octanol–water partition coefficient (Wildman–Crippen LogP) is 5.36. The summed E-state index contributed by atoms with van der Waals surface area (Å²) in [5.41, 5.74) is 7.40. The Kier molecular flexibility index (Phi) is 6.01. The van der Waals surface area contributed by atoms with E-state index in [-0.39, 0.29) is 6.04 Å². The topological polar surface area (TPSA) is 35.2 Å². The van der Waals surface area contributed by atoms with E-state index in [9.17, 15) is 0 Å². The minimum absolute atomic E-state index is 0.0335. The Morgan fingerprint density at radius 1 is 1.15 bits per heavy atom. The van der Waals surface area contributed by atoms with Crippen molar-refractivity contribution in [2.24, 2.45) is 11.7 Å². The van der Waals surface area contributed by atoms with Gasteiger partial charge < -0.3 is 10.5 Å². The van der Waals surface area contributed by atoms with Gasteiger partial charge in [0.25, 0.3) is 0 Å². The van der Waals surface area contributed by atoms with Crippen molar-refractivity contribution >= 4 is 23.2 Å². The van der Waals surface area contributed by atoms with E-state index in [1.165, 1.54) is 38.5 Å². The fourth-order valence-corrected chi connectivity index (χ4v) is 3.50. The molecule has 4 heteroatoms. The van der Waals surface area contributed by atoms with Gasteiger partial charge >= 0.3 is 0 Å². The lowest BCUT2D eigenvalue weighted by molar-refractivity contribution is 0.339. The molecule has 0 heterocycles. The molecule has 1 fully saturated rings. The van der Waals surface area contributed by atoms with E-state index >= 15 is 0 Å². The van der Waals surface area contributed by atoms with Crippen LogP contribution < -0.4 is 10.5 Å². The molecule has 20 heavy (non-hydrogen) atoms. The van der Waals surface area contributed by atoms with Crippen LogP contribution in [0.2, 0.25) is 10.0 Å². The van der Waals surface area contributed by atoms with Crippen LogP contribution in [0.5, 0.6) is 5.75 Å². The van der Waals surface area contributed by atoms with Crippen molar-refractivity contribution in [2.75, 3.05) is 6.61 Å². The van der Waals surface area contributed by atoms with Gasteiger partial charge in [-0.2, -0.15) is 0 Å². The number of benzene rings is 1. The maximum atomic E-state index is 6.45. The van der Waals surface area contributed by atoms with Crippen molar-refractivity contribution < 1.29 is 4.74 Å². The van der Waals surface area contributed by atoms with Crippen LogP contribution in [0.25, 0.3) is 0 Å². The van der Waals surface area contributed by atoms with Crippen molar-refractivity contribution in [3.63, 3.8) is 0 Å². The average molecular weight is 316 g/mol. The zero-order valence-electron chi connectivity index (χ0n) is 12.0.